The fraction of sp³-hybridized carbons (Fsp3) is 0.273. The zero-order valence-electron chi connectivity index (χ0n) is 16.1. The highest BCUT2D eigenvalue weighted by Gasteiger charge is 2.39. The van der Waals surface area contributed by atoms with Gasteiger partial charge in [0.1, 0.15) is 0 Å². The maximum absolute atomic E-state index is 13.2. The lowest BCUT2D eigenvalue weighted by Crippen LogP contribution is -2.30. The van der Waals surface area contributed by atoms with Gasteiger partial charge in [-0.2, -0.15) is 0 Å². The summed E-state index contributed by atoms with van der Waals surface area (Å²) in [6.07, 6.45) is 0. The number of fused-ring (bicyclic) bond motifs is 1. The molecule has 0 radical (unpaired) electrons. The third-order valence-corrected chi connectivity index (χ3v) is 5.94. The van der Waals surface area contributed by atoms with Crippen LogP contribution in [0.15, 0.2) is 41.3 Å². The summed E-state index contributed by atoms with van der Waals surface area (Å²) in [5.74, 6) is 1.56. The number of amides is 2. The van der Waals surface area contributed by atoms with Crippen molar-refractivity contribution >= 4 is 29.1 Å². The van der Waals surface area contributed by atoms with Gasteiger partial charge in [-0.15, -0.1) is 11.8 Å². The SMILES string of the molecule is CCSC1=C(c2ccc(C)c(C)c2)C(=O)N(Cc2ccc3c(c2)OCO3)C1=O. The molecule has 6 heteroatoms. The highest BCUT2D eigenvalue weighted by molar-refractivity contribution is 8.04. The highest BCUT2D eigenvalue weighted by Crippen LogP contribution is 2.38. The van der Waals surface area contributed by atoms with Crippen LogP contribution in [0.1, 0.15) is 29.2 Å². The smallest absolute Gasteiger partial charge is 0.268 e. The van der Waals surface area contributed by atoms with Crippen LogP contribution in [-0.2, 0) is 16.1 Å². The second-order valence-corrected chi connectivity index (χ2v) is 8.09. The van der Waals surface area contributed by atoms with Gasteiger partial charge in [-0.3, -0.25) is 14.5 Å². The van der Waals surface area contributed by atoms with Crippen LogP contribution >= 0.6 is 11.8 Å². The van der Waals surface area contributed by atoms with Crippen molar-refractivity contribution in [2.45, 2.75) is 27.3 Å². The Bertz CT molecular complexity index is 1010. The van der Waals surface area contributed by atoms with E-state index in [9.17, 15) is 9.59 Å². The molecule has 0 saturated carbocycles. The molecule has 144 valence electrons. The third kappa shape index (κ3) is 3.18. The molecule has 2 aliphatic heterocycles. The summed E-state index contributed by atoms with van der Waals surface area (Å²) in [7, 11) is 0. The van der Waals surface area contributed by atoms with Crippen LogP contribution < -0.4 is 9.47 Å². The second kappa shape index (κ2) is 7.36. The minimum atomic E-state index is -0.248. The van der Waals surface area contributed by atoms with Gasteiger partial charge in [-0.25, -0.2) is 0 Å². The molecule has 0 aliphatic carbocycles. The van der Waals surface area contributed by atoms with Gasteiger partial charge < -0.3 is 9.47 Å². The molecule has 5 nitrogen and oxygen atoms in total. The molecule has 28 heavy (non-hydrogen) atoms. The van der Waals surface area contributed by atoms with Crippen molar-refractivity contribution in [2.75, 3.05) is 12.5 Å². The molecule has 0 saturated heterocycles. The standard InChI is InChI=1S/C22H21NO4S/c1-4-28-20-19(16-7-5-13(2)14(3)9-16)21(24)23(22(20)25)11-15-6-8-17-18(10-15)27-12-26-17/h5-10H,4,11-12H2,1-3H3. The van der Waals surface area contributed by atoms with E-state index in [1.165, 1.54) is 16.7 Å². The van der Waals surface area contributed by atoms with Crippen LogP contribution in [0.4, 0.5) is 0 Å². The zero-order valence-corrected chi connectivity index (χ0v) is 16.9. The average molecular weight is 395 g/mol. The predicted molar refractivity (Wildman–Crippen MR) is 109 cm³/mol. The van der Waals surface area contributed by atoms with Crippen molar-refractivity contribution in [1.82, 2.24) is 4.90 Å². The summed E-state index contributed by atoms with van der Waals surface area (Å²) >= 11 is 1.42. The Kier molecular flexibility index (Phi) is 4.89. The number of imide groups is 1. The van der Waals surface area contributed by atoms with Gasteiger partial charge in [0.15, 0.2) is 11.5 Å². The second-order valence-electron chi connectivity index (χ2n) is 6.82. The Morgan fingerprint density at radius 2 is 1.75 bits per heavy atom. The molecule has 0 fully saturated rings. The molecule has 2 aromatic rings. The summed E-state index contributed by atoms with van der Waals surface area (Å²) in [4.78, 5) is 28.1. The van der Waals surface area contributed by atoms with Gasteiger partial charge in [0, 0.05) is 0 Å². The van der Waals surface area contributed by atoms with Gasteiger partial charge in [-0.1, -0.05) is 31.2 Å². The van der Waals surface area contributed by atoms with Crippen LogP contribution in [0, 0.1) is 13.8 Å². The van der Waals surface area contributed by atoms with Gasteiger partial charge in [-0.05, 0) is 54.0 Å². The minimum Gasteiger partial charge on any atom is -0.454 e. The molecule has 0 spiro atoms. The van der Waals surface area contributed by atoms with Gasteiger partial charge >= 0.3 is 0 Å². The molecule has 2 aliphatic rings. The Labute approximate surface area is 168 Å². The third-order valence-electron chi connectivity index (χ3n) is 4.99. The largest absolute Gasteiger partial charge is 0.454 e. The van der Waals surface area contributed by atoms with Gasteiger partial charge in [0.2, 0.25) is 6.79 Å². The van der Waals surface area contributed by atoms with Crippen molar-refractivity contribution in [1.29, 1.82) is 0 Å². The Morgan fingerprint density at radius 3 is 2.50 bits per heavy atom. The Hall–Kier alpha value is -2.73. The number of nitrogens with zero attached hydrogens (tertiary/aromatic N) is 1. The number of ether oxygens (including phenoxy) is 2. The molecule has 0 N–H and O–H groups in total. The lowest BCUT2D eigenvalue weighted by Gasteiger charge is -2.15. The number of thioether (sulfide) groups is 1. The van der Waals surface area contributed by atoms with Crippen LogP contribution in [0.5, 0.6) is 11.5 Å². The van der Waals surface area contributed by atoms with Crippen molar-refractivity contribution in [3.05, 3.63) is 63.6 Å². The Balaban J connectivity index is 1.67. The maximum Gasteiger partial charge on any atom is 0.268 e. The molecule has 2 amide bonds. The first kappa shape index (κ1) is 18.6. The number of carbonyl (C=O) groups excluding carboxylic acids is 2. The number of hydrogen-bond acceptors (Lipinski definition) is 5. The molecule has 0 atom stereocenters. The van der Waals surface area contributed by atoms with E-state index in [4.69, 9.17) is 9.47 Å². The van der Waals surface area contributed by atoms with E-state index in [0.717, 1.165) is 28.0 Å². The minimum absolute atomic E-state index is 0.191. The predicted octanol–water partition coefficient (Wildman–Crippen LogP) is 4.07. The van der Waals surface area contributed by atoms with E-state index in [2.05, 4.69) is 0 Å². The van der Waals surface area contributed by atoms with Crippen molar-refractivity contribution < 1.29 is 19.1 Å². The average Bonchev–Trinajstić information content (AvgIpc) is 3.23. The van der Waals surface area contributed by atoms with Crippen molar-refractivity contribution in [2.24, 2.45) is 0 Å². The monoisotopic (exact) mass is 395 g/mol. The van der Waals surface area contributed by atoms with E-state index in [1.54, 1.807) is 0 Å². The highest BCUT2D eigenvalue weighted by atomic mass is 32.2. The lowest BCUT2D eigenvalue weighted by molar-refractivity contribution is -0.137. The molecule has 4 rings (SSSR count). The van der Waals surface area contributed by atoms with E-state index in [1.807, 2.05) is 57.2 Å². The number of benzene rings is 2. The maximum atomic E-state index is 13.2. The first-order chi connectivity index (χ1) is 13.5. The first-order valence-corrected chi connectivity index (χ1v) is 10.2. The number of rotatable bonds is 5. The fourth-order valence-corrected chi connectivity index (χ4v) is 4.22. The van der Waals surface area contributed by atoms with E-state index in [-0.39, 0.29) is 25.2 Å². The van der Waals surface area contributed by atoms with Crippen LogP contribution in [0.3, 0.4) is 0 Å². The Morgan fingerprint density at radius 1 is 0.964 bits per heavy atom. The normalized spacial score (nSPS) is 15.8. The van der Waals surface area contributed by atoms with Gasteiger partial charge in [0.25, 0.3) is 11.8 Å². The molecule has 2 heterocycles. The summed E-state index contributed by atoms with van der Waals surface area (Å²) in [6, 6.07) is 11.4. The molecular weight excluding hydrogens is 374 g/mol. The van der Waals surface area contributed by atoms with Gasteiger partial charge in [0.05, 0.1) is 17.0 Å². The number of hydrogen-bond donors (Lipinski definition) is 0. The van der Waals surface area contributed by atoms with E-state index >= 15 is 0 Å². The zero-order chi connectivity index (χ0) is 19.8. The van der Waals surface area contributed by atoms with Crippen molar-refractivity contribution in [3.63, 3.8) is 0 Å². The van der Waals surface area contributed by atoms with Crippen LogP contribution in [0.2, 0.25) is 0 Å². The lowest BCUT2D eigenvalue weighted by atomic mass is 10.0. The van der Waals surface area contributed by atoms with Crippen LogP contribution in [-0.4, -0.2) is 29.3 Å². The molecule has 2 aromatic carbocycles. The first-order valence-electron chi connectivity index (χ1n) is 9.19. The van der Waals surface area contributed by atoms with E-state index < -0.39 is 0 Å². The molecule has 0 unspecified atom stereocenters. The van der Waals surface area contributed by atoms with Crippen molar-refractivity contribution in [3.8, 4) is 11.5 Å². The topological polar surface area (TPSA) is 55.8 Å². The summed E-state index contributed by atoms with van der Waals surface area (Å²) in [6.45, 7) is 6.42. The summed E-state index contributed by atoms with van der Waals surface area (Å²) < 4.78 is 10.7. The fourth-order valence-electron chi connectivity index (χ4n) is 3.35. The molecule has 0 aromatic heterocycles. The van der Waals surface area contributed by atoms with E-state index in [0.29, 0.717) is 22.0 Å². The summed E-state index contributed by atoms with van der Waals surface area (Å²) in [5.41, 5.74) is 4.38. The molecular formula is C22H21NO4S. The number of aryl methyl sites for hydroxylation is 2. The quantitative estimate of drug-likeness (QED) is 0.715. The van der Waals surface area contributed by atoms with Crippen LogP contribution in [0.25, 0.3) is 5.57 Å². The molecule has 0 bridgehead atoms. The summed E-state index contributed by atoms with van der Waals surface area (Å²) in [5, 5.41) is 0. The number of carbonyl (C=O) groups is 2.